The maximum Gasteiger partial charge on any atom is 0.126 e. The summed E-state index contributed by atoms with van der Waals surface area (Å²) < 4.78 is 2.83. The Bertz CT molecular complexity index is 688. The van der Waals surface area contributed by atoms with E-state index in [1.54, 1.807) is 0 Å². The Morgan fingerprint density at radius 1 is 1.12 bits per heavy atom. The van der Waals surface area contributed by atoms with E-state index in [1.807, 2.05) is 54.0 Å². The van der Waals surface area contributed by atoms with Crippen LogP contribution in [0.25, 0.3) is 16.9 Å². The maximum atomic E-state index is 4.53. The molecule has 3 nitrogen and oxygen atoms in total. The van der Waals surface area contributed by atoms with Crippen LogP contribution in [0.1, 0.15) is 5.69 Å². The highest BCUT2D eigenvalue weighted by Gasteiger charge is 2.12. The van der Waals surface area contributed by atoms with Gasteiger partial charge in [-0.2, -0.15) is 5.10 Å². The van der Waals surface area contributed by atoms with E-state index in [1.165, 1.54) is 0 Å². The number of halogens is 1. The van der Waals surface area contributed by atoms with Gasteiger partial charge in [-0.3, -0.25) is 4.98 Å². The summed E-state index contributed by atoms with van der Waals surface area (Å²) in [7, 11) is 0. The van der Waals surface area contributed by atoms with Crippen molar-refractivity contribution in [2.24, 2.45) is 0 Å². The van der Waals surface area contributed by atoms with Crippen LogP contribution in [-0.4, -0.2) is 14.6 Å². The van der Waals surface area contributed by atoms with Gasteiger partial charge in [-0.1, -0.05) is 12.1 Å². The van der Waals surface area contributed by atoms with Crippen LogP contribution in [0.4, 0.5) is 0 Å². The minimum absolute atomic E-state index is 0.875. The molecule has 0 radical (unpaired) electrons. The fourth-order valence-corrected chi connectivity index (χ4v) is 2.40. The van der Waals surface area contributed by atoms with E-state index in [2.05, 4.69) is 26.0 Å². The first-order valence-corrected chi connectivity index (χ1v) is 6.12. The Labute approximate surface area is 107 Å². The minimum Gasteiger partial charge on any atom is -0.251 e. The van der Waals surface area contributed by atoms with Crippen molar-refractivity contribution in [1.82, 2.24) is 14.6 Å². The molecule has 0 bridgehead atoms. The topological polar surface area (TPSA) is 30.2 Å². The third-order valence-electron chi connectivity index (χ3n) is 2.61. The van der Waals surface area contributed by atoms with E-state index in [0.29, 0.717) is 0 Å². The second-order valence-electron chi connectivity index (χ2n) is 3.86. The molecule has 84 valence electrons. The lowest BCUT2D eigenvalue weighted by Crippen LogP contribution is -1.88. The average Bonchev–Trinajstić information content (AvgIpc) is 2.68. The molecule has 17 heavy (non-hydrogen) atoms. The van der Waals surface area contributed by atoms with Crippen molar-refractivity contribution < 1.29 is 0 Å². The smallest absolute Gasteiger partial charge is 0.126 e. The number of rotatable bonds is 1. The lowest BCUT2D eigenvalue weighted by Gasteiger charge is -1.97. The second-order valence-corrected chi connectivity index (χ2v) is 4.65. The van der Waals surface area contributed by atoms with Crippen LogP contribution in [-0.2, 0) is 0 Å². The largest absolute Gasteiger partial charge is 0.251 e. The summed E-state index contributed by atoms with van der Waals surface area (Å²) in [6.45, 7) is 1.98. The van der Waals surface area contributed by atoms with Gasteiger partial charge in [-0.25, -0.2) is 4.52 Å². The average molecular weight is 288 g/mol. The molecular weight excluding hydrogens is 278 g/mol. The highest BCUT2D eigenvalue weighted by Crippen LogP contribution is 2.29. The molecule has 0 N–H and O–H groups in total. The van der Waals surface area contributed by atoms with E-state index in [9.17, 15) is 0 Å². The zero-order valence-corrected chi connectivity index (χ0v) is 10.8. The highest BCUT2D eigenvalue weighted by molar-refractivity contribution is 9.10. The molecule has 3 aromatic rings. The number of aryl methyl sites for hydroxylation is 1. The van der Waals surface area contributed by atoms with Gasteiger partial charge in [0.1, 0.15) is 5.69 Å². The summed E-state index contributed by atoms with van der Waals surface area (Å²) >= 11 is 3.59. The third-order valence-corrected chi connectivity index (χ3v) is 3.39. The summed E-state index contributed by atoms with van der Waals surface area (Å²) in [5.74, 6) is 0. The number of aromatic nitrogens is 3. The predicted molar refractivity (Wildman–Crippen MR) is 70.9 cm³/mol. The van der Waals surface area contributed by atoms with Crippen molar-refractivity contribution in [3.63, 3.8) is 0 Å². The molecule has 0 atom stereocenters. The predicted octanol–water partition coefficient (Wildman–Crippen LogP) is 3.47. The van der Waals surface area contributed by atoms with E-state index >= 15 is 0 Å². The van der Waals surface area contributed by atoms with Gasteiger partial charge in [-0.05, 0) is 47.1 Å². The molecule has 3 aromatic heterocycles. The molecule has 0 aliphatic heterocycles. The summed E-state index contributed by atoms with van der Waals surface area (Å²) in [6.07, 6.45) is 1.93. The standard InChI is InChI=1S/C13H10BrN3/c1-9-5-4-6-10(15-9)13-12(14)11-7-2-3-8-17(11)16-13/h2-8H,1H3. The summed E-state index contributed by atoms with van der Waals surface area (Å²) in [4.78, 5) is 4.49. The van der Waals surface area contributed by atoms with Crippen molar-refractivity contribution in [2.45, 2.75) is 6.92 Å². The first kappa shape index (κ1) is 10.5. The van der Waals surface area contributed by atoms with Crippen LogP contribution in [0.5, 0.6) is 0 Å². The Balaban J connectivity index is 2.27. The maximum absolute atomic E-state index is 4.53. The molecule has 0 spiro atoms. The van der Waals surface area contributed by atoms with E-state index in [-0.39, 0.29) is 0 Å². The zero-order chi connectivity index (χ0) is 11.8. The van der Waals surface area contributed by atoms with Crippen molar-refractivity contribution in [3.8, 4) is 11.4 Å². The monoisotopic (exact) mass is 287 g/mol. The van der Waals surface area contributed by atoms with Crippen LogP contribution in [0.2, 0.25) is 0 Å². The Morgan fingerprint density at radius 3 is 2.76 bits per heavy atom. The van der Waals surface area contributed by atoms with Gasteiger partial charge in [0, 0.05) is 11.9 Å². The minimum atomic E-state index is 0.875. The molecular formula is C13H10BrN3. The molecule has 0 fully saturated rings. The molecule has 3 heterocycles. The normalized spacial score (nSPS) is 10.9. The van der Waals surface area contributed by atoms with Crippen LogP contribution in [0, 0.1) is 6.92 Å². The molecule has 0 aliphatic rings. The number of hydrogen-bond acceptors (Lipinski definition) is 2. The summed E-state index contributed by atoms with van der Waals surface area (Å²) in [5, 5.41) is 4.53. The van der Waals surface area contributed by atoms with E-state index < -0.39 is 0 Å². The van der Waals surface area contributed by atoms with Crippen LogP contribution in [0.3, 0.4) is 0 Å². The van der Waals surface area contributed by atoms with Crippen LogP contribution >= 0.6 is 15.9 Å². The van der Waals surface area contributed by atoms with Gasteiger partial charge in [0.2, 0.25) is 0 Å². The summed E-state index contributed by atoms with van der Waals surface area (Å²) in [5.41, 5.74) is 3.80. The van der Waals surface area contributed by atoms with Gasteiger partial charge < -0.3 is 0 Å². The molecule has 0 aliphatic carbocycles. The van der Waals surface area contributed by atoms with Crippen LogP contribution < -0.4 is 0 Å². The molecule has 0 saturated heterocycles. The molecule has 0 saturated carbocycles. The van der Waals surface area contributed by atoms with Crippen molar-refractivity contribution >= 4 is 21.4 Å². The van der Waals surface area contributed by atoms with Gasteiger partial charge in [0.25, 0.3) is 0 Å². The van der Waals surface area contributed by atoms with E-state index in [4.69, 9.17) is 0 Å². The zero-order valence-electron chi connectivity index (χ0n) is 9.26. The van der Waals surface area contributed by atoms with Gasteiger partial charge in [0.05, 0.1) is 15.7 Å². The van der Waals surface area contributed by atoms with Crippen molar-refractivity contribution in [1.29, 1.82) is 0 Å². The lowest BCUT2D eigenvalue weighted by molar-refractivity contribution is 0.961. The number of hydrogen-bond donors (Lipinski definition) is 0. The Hall–Kier alpha value is -1.68. The Kier molecular flexibility index (Phi) is 2.44. The van der Waals surface area contributed by atoms with Crippen LogP contribution in [0.15, 0.2) is 47.1 Å². The molecule has 4 heteroatoms. The first-order valence-electron chi connectivity index (χ1n) is 5.32. The van der Waals surface area contributed by atoms with Gasteiger partial charge >= 0.3 is 0 Å². The fourth-order valence-electron chi connectivity index (χ4n) is 1.81. The molecule has 0 unspecified atom stereocenters. The lowest BCUT2D eigenvalue weighted by atomic mass is 10.2. The van der Waals surface area contributed by atoms with Gasteiger partial charge in [0.15, 0.2) is 0 Å². The Morgan fingerprint density at radius 2 is 2.00 bits per heavy atom. The molecule has 0 aromatic carbocycles. The number of fused-ring (bicyclic) bond motifs is 1. The third kappa shape index (κ3) is 1.74. The van der Waals surface area contributed by atoms with Crippen molar-refractivity contribution in [3.05, 3.63) is 52.8 Å². The number of pyridine rings is 2. The quantitative estimate of drug-likeness (QED) is 0.686. The molecule has 3 rings (SSSR count). The highest BCUT2D eigenvalue weighted by atomic mass is 79.9. The van der Waals surface area contributed by atoms with Gasteiger partial charge in [-0.15, -0.1) is 0 Å². The second kappa shape index (κ2) is 3.96. The number of nitrogens with zero attached hydrogens (tertiary/aromatic N) is 3. The first-order chi connectivity index (χ1) is 8.25. The van der Waals surface area contributed by atoms with Crippen molar-refractivity contribution in [2.75, 3.05) is 0 Å². The van der Waals surface area contributed by atoms with E-state index in [0.717, 1.165) is 27.1 Å². The summed E-state index contributed by atoms with van der Waals surface area (Å²) in [6, 6.07) is 11.9. The fraction of sp³-hybridized carbons (Fsp3) is 0.0769. The SMILES string of the molecule is Cc1cccc(-c2nn3ccccc3c2Br)n1. The molecule has 0 amide bonds.